The lowest BCUT2D eigenvalue weighted by Crippen LogP contribution is -2.58. The molecule has 38 heavy (non-hydrogen) atoms. The summed E-state index contributed by atoms with van der Waals surface area (Å²) in [6.45, 7) is 5.44. The van der Waals surface area contributed by atoms with Gasteiger partial charge in [0.1, 0.15) is 5.75 Å². The van der Waals surface area contributed by atoms with Gasteiger partial charge in [-0.15, -0.1) is 12.4 Å². The number of nitrogens with one attached hydrogen (secondary N) is 2. The van der Waals surface area contributed by atoms with E-state index in [-0.39, 0.29) is 55.6 Å². The van der Waals surface area contributed by atoms with Crippen molar-refractivity contribution in [3.05, 3.63) is 23.3 Å². The average molecular weight is 567 g/mol. The number of alkyl halides is 3. The number of hydrogen-bond acceptors (Lipinski definition) is 6. The molecular formula is C24H34ClF3N4O6. The fraction of sp³-hybridized carbons (Fsp3) is 0.625. The van der Waals surface area contributed by atoms with Crippen LogP contribution < -0.4 is 20.3 Å². The zero-order chi connectivity index (χ0) is 27.5. The van der Waals surface area contributed by atoms with Crippen molar-refractivity contribution < 1.29 is 42.1 Å². The summed E-state index contributed by atoms with van der Waals surface area (Å²) in [5.74, 6) is -1.70. The third-order valence-electron chi connectivity index (χ3n) is 6.44. The second kappa shape index (κ2) is 12.4. The Hall–Kier alpha value is -2.77. The van der Waals surface area contributed by atoms with Gasteiger partial charge in [0.25, 0.3) is 11.8 Å². The topological polar surface area (TPSA) is 120 Å². The lowest BCUT2D eigenvalue weighted by molar-refractivity contribution is -0.140. The van der Waals surface area contributed by atoms with Gasteiger partial charge in [0, 0.05) is 38.8 Å². The quantitative estimate of drug-likeness (QED) is 0.442. The maximum Gasteiger partial charge on any atom is 0.417 e. The van der Waals surface area contributed by atoms with Crippen LogP contribution in [0.25, 0.3) is 0 Å². The Kier molecular flexibility index (Phi) is 10.3. The van der Waals surface area contributed by atoms with Gasteiger partial charge in [-0.1, -0.05) is 0 Å². The second-order valence-corrected chi connectivity index (χ2v) is 9.62. The van der Waals surface area contributed by atoms with Gasteiger partial charge in [0.2, 0.25) is 5.60 Å². The van der Waals surface area contributed by atoms with E-state index >= 15 is 0 Å². The van der Waals surface area contributed by atoms with E-state index in [1.54, 1.807) is 13.8 Å². The van der Waals surface area contributed by atoms with Gasteiger partial charge in [-0.05, 0) is 52.3 Å². The van der Waals surface area contributed by atoms with E-state index in [0.717, 1.165) is 30.0 Å². The second-order valence-electron chi connectivity index (χ2n) is 9.62. The van der Waals surface area contributed by atoms with Gasteiger partial charge in [0.15, 0.2) is 0 Å². The molecular weight excluding hydrogens is 533 g/mol. The molecule has 3 N–H and O–H groups in total. The average Bonchev–Trinajstić information content (AvgIpc) is 2.81. The number of fused-ring (bicyclic) bond motifs is 1. The molecule has 0 saturated carbocycles. The first-order chi connectivity index (χ1) is 17.3. The Morgan fingerprint density at radius 3 is 2.58 bits per heavy atom. The minimum absolute atomic E-state index is 0. The molecule has 1 saturated heterocycles. The van der Waals surface area contributed by atoms with E-state index < -0.39 is 40.8 Å². The lowest BCUT2D eigenvalue weighted by Gasteiger charge is -2.41. The van der Waals surface area contributed by atoms with Crippen molar-refractivity contribution in [1.29, 1.82) is 0 Å². The van der Waals surface area contributed by atoms with Gasteiger partial charge in [0.05, 0.1) is 23.4 Å². The smallest absolute Gasteiger partial charge is 0.417 e. The number of amides is 3. The molecule has 14 heteroatoms. The van der Waals surface area contributed by atoms with Gasteiger partial charge in [-0.3, -0.25) is 9.59 Å². The Bertz CT molecular complexity index is 1040. The zero-order valence-electron chi connectivity index (χ0n) is 21.7. The molecule has 2 atom stereocenters. The molecule has 3 amide bonds. The summed E-state index contributed by atoms with van der Waals surface area (Å²) in [7, 11) is 1.32. The summed E-state index contributed by atoms with van der Waals surface area (Å²) in [4.78, 5) is 40.6. The van der Waals surface area contributed by atoms with Crippen LogP contribution in [0.2, 0.25) is 0 Å². The molecule has 0 aromatic heterocycles. The molecule has 0 bridgehead atoms. The van der Waals surface area contributed by atoms with Crippen LogP contribution >= 0.6 is 12.4 Å². The minimum Gasteiger partial charge on any atom is -0.473 e. The third kappa shape index (κ3) is 6.62. The first kappa shape index (κ1) is 31.4. The first-order valence-electron chi connectivity index (χ1n) is 12.1. The van der Waals surface area contributed by atoms with Crippen LogP contribution in [-0.2, 0) is 15.7 Å². The molecule has 214 valence electrons. The normalized spacial score (nSPS) is 21.3. The van der Waals surface area contributed by atoms with Crippen LogP contribution in [0.15, 0.2) is 12.1 Å². The molecule has 2 heterocycles. The van der Waals surface area contributed by atoms with Crippen LogP contribution in [0.4, 0.5) is 23.7 Å². The molecule has 2 aliphatic heterocycles. The van der Waals surface area contributed by atoms with Crippen LogP contribution in [0.3, 0.4) is 0 Å². The van der Waals surface area contributed by atoms with Crippen molar-refractivity contribution in [3.8, 4) is 5.75 Å². The number of ether oxygens (including phenoxy) is 2. The molecule has 3 rings (SSSR count). The number of piperidine rings is 1. The first-order valence-corrected chi connectivity index (χ1v) is 12.1. The van der Waals surface area contributed by atoms with E-state index in [1.165, 1.54) is 18.9 Å². The number of methoxy groups -OCH3 is 1. The summed E-state index contributed by atoms with van der Waals surface area (Å²) in [6, 6.07) is 1.08. The maximum absolute atomic E-state index is 14.3. The third-order valence-corrected chi connectivity index (χ3v) is 6.44. The molecule has 2 aliphatic rings. The number of halogens is 4. The van der Waals surface area contributed by atoms with Gasteiger partial charge >= 0.3 is 12.3 Å². The lowest BCUT2D eigenvalue weighted by atomic mass is 9.96. The van der Waals surface area contributed by atoms with Crippen LogP contribution in [-0.4, -0.2) is 85.5 Å². The van der Waals surface area contributed by atoms with Crippen LogP contribution in [0, 0.1) is 0 Å². The Labute approximate surface area is 225 Å². The monoisotopic (exact) mass is 566 g/mol. The van der Waals surface area contributed by atoms with Crippen molar-refractivity contribution in [3.63, 3.8) is 0 Å². The number of anilines is 1. The Balaban J connectivity index is 0.00000507. The number of nitrogens with zero attached hydrogens (tertiary/aromatic N) is 2. The molecule has 10 nitrogen and oxygen atoms in total. The highest BCUT2D eigenvalue weighted by atomic mass is 35.5. The number of carbonyl (C=O) groups excluding carboxylic acids is 2. The summed E-state index contributed by atoms with van der Waals surface area (Å²) in [6.07, 6.45) is -4.78. The van der Waals surface area contributed by atoms with E-state index in [2.05, 4.69) is 10.6 Å². The largest absolute Gasteiger partial charge is 0.473 e. The van der Waals surface area contributed by atoms with Crippen molar-refractivity contribution in [2.75, 3.05) is 44.8 Å². The molecule has 0 radical (unpaired) electrons. The predicted octanol–water partition coefficient (Wildman–Crippen LogP) is 3.13. The maximum atomic E-state index is 14.3. The number of benzene rings is 1. The summed E-state index contributed by atoms with van der Waals surface area (Å²) in [5, 5.41) is 14.3. The molecule has 0 aliphatic carbocycles. The molecule has 1 aromatic carbocycles. The van der Waals surface area contributed by atoms with Crippen molar-refractivity contribution in [2.24, 2.45) is 0 Å². The number of carboxylic acid groups (broad SMARTS) is 1. The van der Waals surface area contributed by atoms with Gasteiger partial charge in [-0.25, -0.2) is 4.79 Å². The van der Waals surface area contributed by atoms with Crippen molar-refractivity contribution in [2.45, 2.75) is 57.5 Å². The van der Waals surface area contributed by atoms with Crippen LogP contribution in [0.5, 0.6) is 5.75 Å². The van der Waals surface area contributed by atoms with E-state index in [0.29, 0.717) is 13.0 Å². The molecule has 1 aromatic rings. The zero-order valence-corrected chi connectivity index (χ0v) is 22.5. The minimum atomic E-state index is -4.88. The number of rotatable bonds is 8. The summed E-state index contributed by atoms with van der Waals surface area (Å²) < 4.78 is 53.6. The standard InChI is InChI=1S/C24H33F3N4O6.ClH/c1-14(2)31(15-6-5-7-28-12-15)20(32)16-10-18-19(11-17(16)24(25,26)27)37-23(3,13-36-4)21(33)30(18)9-8-29-22(34)35;/h10-11,14-15,28-29H,5-9,12-13H2,1-4H3,(H,34,35);1H/t15-,23?;/m1./s1. The van der Waals surface area contributed by atoms with E-state index in [9.17, 15) is 27.6 Å². The SMILES string of the molecule is COCC1(C)Oc2cc(C(F)(F)F)c(C(=O)N(C(C)C)[C@@H]3CCCNC3)cc2N(CCNC(=O)O)C1=O.Cl. The summed E-state index contributed by atoms with van der Waals surface area (Å²) >= 11 is 0. The van der Waals surface area contributed by atoms with E-state index in [1.807, 2.05) is 0 Å². The predicted molar refractivity (Wildman–Crippen MR) is 135 cm³/mol. The molecule has 1 unspecified atom stereocenters. The Morgan fingerprint density at radius 2 is 2.05 bits per heavy atom. The molecule has 1 fully saturated rings. The highest BCUT2D eigenvalue weighted by Gasteiger charge is 2.47. The van der Waals surface area contributed by atoms with Crippen LogP contribution in [0.1, 0.15) is 49.5 Å². The van der Waals surface area contributed by atoms with E-state index in [4.69, 9.17) is 14.6 Å². The van der Waals surface area contributed by atoms with Crippen molar-refractivity contribution in [1.82, 2.24) is 15.5 Å². The Morgan fingerprint density at radius 1 is 1.37 bits per heavy atom. The fourth-order valence-electron chi connectivity index (χ4n) is 4.85. The highest BCUT2D eigenvalue weighted by molar-refractivity contribution is 6.05. The van der Waals surface area contributed by atoms with Crippen molar-refractivity contribution >= 4 is 36.0 Å². The molecule has 0 spiro atoms. The van der Waals surface area contributed by atoms with Gasteiger partial charge < -0.3 is 35.0 Å². The highest BCUT2D eigenvalue weighted by Crippen LogP contribution is 2.44. The summed E-state index contributed by atoms with van der Waals surface area (Å²) in [5.41, 5.74) is -3.48. The number of carbonyl (C=O) groups is 3. The number of hydrogen-bond donors (Lipinski definition) is 3. The van der Waals surface area contributed by atoms with Gasteiger partial charge in [-0.2, -0.15) is 13.2 Å². The fourth-order valence-corrected chi connectivity index (χ4v) is 4.85.